The molecule has 1 aromatic heterocycles. The molecule has 0 unspecified atom stereocenters. The average Bonchev–Trinajstić information content (AvgIpc) is 3.26. The molecule has 0 spiro atoms. The van der Waals surface area contributed by atoms with Crippen molar-refractivity contribution in [3.05, 3.63) is 53.3 Å². The van der Waals surface area contributed by atoms with Gasteiger partial charge in [-0.2, -0.15) is 5.21 Å². The van der Waals surface area contributed by atoms with Gasteiger partial charge in [0.15, 0.2) is 5.82 Å². The average molecular weight is 431 g/mol. The SMILES string of the molecule is CCc1cc(-c2cccc(C)c2)c([O-])cc1OCCCCCC(C)(C)c1nn[nH]n1.[Na+]. The van der Waals surface area contributed by atoms with E-state index in [1.807, 2.05) is 37.3 Å². The maximum atomic E-state index is 12.7. The second kappa shape index (κ2) is 11.7. The Morgan fingerprint density at radius 2 is 1.90 bits per heavy atom. The third kappa shape index (κ3) is 6.79. The molecule has 0 amide bonds. The molecule has 0 aliphatic rings. The van der Waals surface area contributed by atoms with E-state index >= 15 is 0 Å². The molecule has 1 N–H and O–H groups in total. The first-order chi connectivity index (χ1) is 14.4. The zero-order chi connectivity index (χ0) is 21.6. The number of aromatic amines is 1. The molecular formula is C24H31N4NaO2. The fourth-order valence-electron chi connectivity index (χ4n) is 3.64. The minimum Gasteiger partial charge on any atom is -0.872 e. The molecule has 0 aliphatic heterocycles. The molecule has 0 fully saturated rings. The first-order valence-electron chi connectivity index (χ1n) is 10.7. The minimum atomic E-state index is -0.0910. The molecule has 2 aromatic carbocycles. The van der Waals surface area contributed by atoms with Gasteiger partial charge >= 0.3 is 29.6 Å². The van der Waals surface area contributed by atoms with Gasteiger partial charge in [-0.25, -0.2) is 0 Å². The number of ether oxygens (including phenoxy) is 1. The Kier molecular flexibility index (Phi) is 9.54. The van der Waals surface area contributed by atoms with Crippen LogP contribution >= 0.6 is 0 Å². The molecule has 1 heterocycles. The molecule has 0 bridgehead atoms. The van der Waals surface area contributed by atoms with Crippen molar-refractivity contribution in [3.63, 3.8) is 0 Å². The minimum absolute atomic E-state index is 0. The van der Waals surface area contributed by atoms with Gasteiger partial charge in [0.1, 0.15) is 5.75 Å². The van der Waals surface area contributed by atoms with Gasteiger partial charge in [0.25, 0.3) is 0 Å². The van der Waals surface area contributed by atoms with Crippen molar-refractivity contribution in [3.8, 4) is 22.6 Å². The number of nitrogens with zero attached hydrogens (tertiary/aromatic N) is 3. The van der Waals surface area contributed by atoms with E-state index in [1.165, 1.54) is 0 Å². The number of nitrogens with one attached hydrogen (secondary N) is 1. The van der Waals surface area contributed by atoms with E-state index in [9.17, 15) is 5.11 Å². The number of rotatable bonds is 10. The fourth-order valence-corrected chi connectivity index (χ4v) is 3.64. The first-order valence-corrected chi connectivity index (χ1v) is 10.7. The predicted molar refractivity (Wildman–Crippen MR) is 117 cm³/mol. The van der Waals surface area contributed by atoms with Crippen LogP contribution in [0.2, 0.25) is 0 Å². The number of aryl methyl sites for hydroxylation is 2. The molecule has 0 saturated heterocycles. The Labute approximate surface area is 207 Å². The van der Waals surface area contributed by atoms with Crippen LogP contribution in [0.5, 0.6) is 11.5 Å². The summed E-state index contributed by atoms with van der Waals surface area (Å²) in [5.41, 5.74) is 3.83. The van der Waals surface area contributed by atoms with Crippen LogP contribution in [-0.2, 0) is 11.8 Å². The summed E-state index contributed by atoms with van der Waals surface area (Å²) in [4.78, 5) is 0. The summed E-state index contributed by atoms with van der Waals surface area (Å²) in [6, 6.07) is 11.7. The van der Waals surface area contributed by atoms with Gasteiger partial charge in [0.05, 0.1) is 6.61 Å². The second-order valence-corrected chi connectivity index (χ2v) is 8.46. The maximum absolute atomic E-state index is 12.7. The molecule has 0 atom stereocenters. The van der Waals surface area contributed by atoms with Gasteiger partial charge in [-0.15, -0.1) is 10.2 Å². The number of hydrogen-bond donors (Lipinski definition) is 1. The van der Waals surface area contributed by atoms with E-state index in [0.29, 0.717) is 12.4 Å². The van der Waals surface area contributed by atoms with Crippen molar-refractivity contribution in [1.82, 2.24) is 20.6 Å². The number of benzene rings is 2. The summed E-state index contributed by atoms with van der Waals surface area (Å²) in [5, 5.41) is 27.1. The molecule has 31 heavy (non-hydrogen) atoms. The number of H-pyrrole nitrogens is 1. The van der Waals surface area contributed by atoms with Gasteiger partial charge < -0.3 is 9.84 Å². The van der Waals surface area contributed by atoms with E-state index in [1.54, 1.807) is 6.07 Å². The fraction of sp³-hybridized carbons (Fsp3) is 0.458. The topological polar surface area (TPSA) is 86.8 Å². The van der Waals surface area contributed by atoms with Gasteiger partial charge in [0, 0.05) is 5.41 Å². The number of hydrogen-bond acceptors (Lipinski definition) is 5. The molecule has 7 heteroatoms. The van der Waals surface area contributed by atoms with Gasteiger partial charge in [-0.1, -0.05) is 74.4 Å². The smallest absolute Gasteiger partial charge is 0.872 e. The monoisotopic (exact) mass is 430 g/mol. The quantitative estimate of drug-likeness (QED) is 0.391. The van der Waals surface area contributed by atoms with Gasteiger partial charge in [-0.05, 0) is 55.0 Å². The van der Waals surface area contributed by atoms with Crippen LogP contribution in [0.4, 0.5) is 0 Å². The zero-order valence-electron chi connectivity index (χ0n) is 19.4. The molecule has 3 aromatic rings. The summed E-state index contributed by atoms with van der Waals surface area (Å²) in [6.45, 7) is 9.00. The summed E-state index contributed by atoms with van der Waals surface area (Å²) in [5.74, 6) is 1.48. The third-order valence-corrected chi connectivity index (χ3v) is 5.53. The maximum Gasteiger partial charge on any atom is 1.00 e. The van der Waals surface area contributed by atoms with Crippen molar-refractivity contribution in [2.75, 3.05) is 6.61 Å². The van der Waals surface area contributed by atoms with Crippen LogP contribution in [0.3, 0.4) is 0 Å². The number of aromatic nitrogens is 4. The number of unbranched alkanes of at least 4 members (excludes halogenated alkanes) is 2. The van der Waals surface area contributed by atoms with Crippen molar-refractivity contribution >= 4 is 0 Å². The van der Waals surface area contributed by atoms with Crippen LogP contribution in [0.15, 0.2) is 36.4 Å². The molecular weight excluding hydrogens is 399 g/mol. The summed E-state index contributed by atoms with van der Waals surface area (Å²) >= 11 is 0. The van der Waals surface area contributed by atoms with Crippen molar-refractivity contribution in [1.29, 1.82) is 0 Å². The Morgan fingerprint density at radius 1 is 1.10 bits per heavy atom. The van der Waals surface area contributed by atoms with E-state index in [4.69, 9.17) is 4.74 Å². The van der Waals surface area contributed by atoms with E-state index in [2.05, 4.69) is 41.4 Å². The Morgan fingerprint density at radius 3 is 2.58 bits per heavy atom. The van der Waals surface area contributed by atoms with Crippen LogP contribution in [0.1, 0.15) is 63.4 Å². The van der Waals surface area contributed by atoms with Crippen LogP contribution in [0, 0.1) is 6.92 Å². The van der Waals surface area contributed by atoms with Crippen molar-refractivity contribution < 1.29 is 39.4 Å². The van der Waals surface area contributed by atoms with E-state index < -0.39 is 0 Å². The number of tetrazole rings is 1. The summed E-state index contributed by atoms with van der Waals surface area (Å²) in [6.07, 6.45) is 4.87. The summed E-state index contributed by atoms with van der Waals surface area (Å²) in [7, 11) is 0. The third-order valence-electron chi connectivity index (χ3n) is 5.53. The molecule has 3 rings (SSSR count). The van der Waals surface area contributed by atoms with Crippen molar-refractivity contribution in [2.24, 2.45) is 0 Å². The van der Waals surface area contributed by atoms with E-state index in [-0.39, 0.29) is 40.7 Å². The Hall–Kier alpha value is -1.89. The molecule has 0 aliphatic carbocycles. The molecule has 0 radical (unpaired) electrons. The molecule has 0 saturated carbocycles. The predicted octanol–water partition coefficient (Wildman–Crippen LogP) is 1.73. The van der Waals surface area contributed by atoms with Gasteiger partial charge in [-0.3, -0.25) is 0 Å². The van der Waals surface area contributed by atoms with Crippen molar-refractivity contribution in [2.45, 2.75) is 65.2 Å². The largest absolute Gasteiger partial charge is 1.00 e. The molecule has 160 valence electrons. The van der Waals surface area contributed by atoms with Crippen LogP contribution in [0.25, 0.3) is 11.1 Å². The van der Waals surface area contributed by atoms with Crippen LogP contribution in [-0.4, -0.2) is 27.2 Å². The van der Waals surface area contributed by atoms with Crippen LogP contribution < -0.4 is 39.4 Å². The molecule has 6 nitrogen and oxygen atoms in total. The summed E-state index contributed by atoms with van der Waals surface area (Å²) < 4.78 is 5.99. The van der Waals surface area contributed by atoms with Gasteiger partial charge in [0.2, 0.25) is 0 Å². The first kappa shape index (κ1) is 25.4. The Bertz CT molecular complexity index is 958. The van der Waals surface area contributed by atoms with E-state index in [0.717, 1.165) is 60.2 Å². The second-order valence-electron chi connectivity index (χ2n) is 8.46. The Balaban J connectivity index is 0.00000341. The standard InChI is InChI=1S/C24H32N4O2.Na/c1-5-18-15-20(19-11-9-10-17(2)14-19)21(29)16-22(18)30-13-8-6-7-12-24(3,4)23-25-27-28-26-23;/h9-11,14-16,29H,5-8,12-13H2,1-4H3,(H,25,26,27,28);/q;+1/p-1. The zero-order valence-corrected chi connectivity index (χ0v) is 21.4. The normalized spacial score (nSPS) is 11.2.